The number of hydrogen-bond acceptors (Lipinski definition) is 1. The molecule has 0 saturated heterocycles. The van der Waals surface area contributed by atoms with E-state index < -0.39 is 0 Å². The van der Waals surface area contributed by atoms with E-state index in [1.807, 2.05) is 49.4 Å². The number of hydrogen-bond donors (Lipinski definition) is 1. The fourth-order valence-corrected chi connectivity index (χ4v) is 2.31. The Balaban J connectivity index is 2.34. The minimum Gasteiger partial charge on any atom is -0.330 e. The minimum atomic E-state index is -0.0804. The zero-order chi connectivity index (χ0) is 13.7. The second-order valence-corrected chi connectivity index (χ2v) is 4.83. The maximum atomic E-state index is 14.6. The molecule has 0 aliphatic heterocycles. The Labute approximate surface area is 114 Å². The fourth-order valence-electron chi connectivity index (χ4n) is 2.31. The van der Waals surface area contributed by atoms with Crippen LogP contribution >= 0.6 is 0 Å². The van der Waals surface area contributed by atoms with Crippen LogP contribution in [-0.2, 0) is 6.42 Å². The van der Waals surface area contributed by atoms with E-state index in [1.165, 1.54) is 0 Å². The van der Waals surface area contributed by atoms with E-state index in [-0.39, 0.29) is 5.82 Å². The van der Waals surface area contributed by atoms with Crippen LogP contribution in [0.5, 0.6) is 0 Å². The van der Waals surface area contributed by atoms with E-state index in [1.54, 1.807) is 0 Å². The Morgan fingerprint density at radius 3 is 2.42 bits per heavy atom. The minimum absolute atomic E-state index is 0.0804. The van der Waals surface area contributed by atoms with E-state index in [9.17, 15) is 4.39 Å². The van der Waals surface area contributed by atoms with Crippen LogP contribution in [0.3, 0.4) is 0 Å². The molecule has 0 aliphatic carbocycles. The molecule has 2 N–H and O–H groups in total. The Kier molecular flexibility index (Phi) is 4.69. The molecule has 0 unspecified atom stereocenters. The third-order valence-electron chi connectivity index (χ3n) is 3.44. The summed E-state index contributed by atoms with van der Waals surface area (Å²) < 4.78 is 14.6. The molecule has 0 fully saturated rings. The first-order valence-corrected chi connectivity index (χ1v) is 6.77. The third-order valence-corrected chi connectivity index (χ3v) is 3.44. The van der Waals surface area contributed by atoms with Gasteiger partial charge in [0.25, 0.3) is 0 Å². The quantitative estimate of drug-likeness (QED) is 0.802. The second kappa shape index (κ2) is 6.48. The molecule has 19 heavy (non-hydrogen) atoms. The molecule has 0 spiro atoms. The molecule has 2 aromatic rings. The molecule has 1 nitrogen and oxygen atoms in total. The maximum absolute atomic E-state index is 14.6. The van der Waals surface area contributed by atoms with Crippen molar-refractivity contribution in [1.82, 2.24) is 0 Å². The third kappa shape index (κ3) is 3.21. The lowest BCUT2D eigenvalue weighted by Gasteiger charge is -2.11. The van der Waals surface area contributed by atoms with Gasteiger partial charge in [0.05, 0.1) is 0 Å². The predicted octanol–water partition coefficient (Wildman–Crippen LogP) is 4.08. The Morgan fingerprint density at radius 1 is 1.00 bits per heavy atom. The van der Waals surface area contributed by atoms with Crippen LogP contribution in [0.1, 0.15) is 24.0 Å². The molecule has 2 rings (SSSR count). The predicted molar refractivity (Wildman–Crippen MR) is 78.6 cm³/mol. The topological polar surface area (TPSA) is 26.0 Å². The van der Waals surface area contributed by atoms with Crippen molar-refractivity contribution in [3.63, 3.8) is 0 Å². The molecule has 100 valence electrons. The molecule has 0 aromatic heterocycles. The SMILES string of the molecule is Cc1ccc(-c2ccccc2)c(F)c1CCCCN. The average Bonchev–Trinajstić information content (AvgIpc) is 2.43. The summed E-state index contributed by atoms with van der Waals surface area (Å²) in [5.41, 5.74) is 8.97. The highest BCUT2D eigenvalue weighted by atomic mass is 19.1. The molecule has 2 heteroatoms. The van der Waals surface area contributed by atoms with Gasteiger partial charge in [-0.05, 0) is 49.4 Å². The van der Waals surface area contributed by atoms with Crippen LogP contribution in [0.4, 0.5) is 4.39 Å². The summed E-state index contributed by atoms with van der Waals surface area (Å²) in [6.45, 7) is 2.63. The largest absolute Gasteiger partial charge is 0.330 e. The highest BCUT2D eigenvalue weighted by Crippen LogP contribution is 2.27. The lowest BCUT2D eigenvalue weighted by Crippen LogP contribution is -2.02. The summed E-state index contributed by atoms with van der Waals surface area (Å²) in [6, 6.07) is 13.6. The first-order valence-electron chi connectivity index (χ1n) is 6.77. The molecule has 0 bridgehead atoms. The van der Waals surface area contributed by atoms with Crippen molar-refractivity contribution in [3.8, 4) is 11.1 Å². The molecular weight excluding hydrogens is 237 g/mol. The van der Waals surface area contributed by atoms with Crippen LogP contribution in [0.15, 0.2) is 42.5 Å². The highest BCUT2D eigenvalue weighted by Gasteiger charge is 2.12. The van der Waals surface area contributed by atoms with Gasteiger partial charge in [0.15, 0.2) is 0 Å². The van der Waals surface area contributed by atoms with Gasteiger partial charge in [0, 0.05) is 5.56 Å². The van der Waals surface area contributed by atoms with Gasteiger partial charge < -0.3 is 5.73 Å². The molecule has 0 heterocycles. The van der Waals surface area contributed by atoms with Crippen molar-refractivity contribution >= 4 is 0 Å². The summed E-state index contributed by atoms with van der Waals surface area (Å²) in [5, 5.41) is 0. The number of rotatable bonds is 5. The van der Waals surface area contributed by atoms with Crippen LogP contribution in [0.25, 0.3) is 11.1 Å². The first kappa shape index (κ1) is 13.8. The molecule has 0 aliphatic rings. The van der Waals surface area contributed by atoms with Crippen LogP contribution in [0.2, 0.25) is 0 Å². The fraction of sp³-hybridized carbons (Fsp3) is 0.294. The Morgan fingerprint density at radius 2 is 1.74 bits per heavy atom. The smallest absolute Gasteiger partial charge is 0.134 e. The summed E-state index contributed by atoms with van der Waals surface area (Å²) in [7, 11) is 0. The molecule has 2 aromatic carbocycles. The zero-order valence-electron chi connectivity index (χ0n) is 11.3. The van der Waals surface area contributed by atoms with Gasteiger partial charge in [-0.1, -0.05) is 42.5 Å². The van der Waals surface area contributed by atoms with Crippen molar-refractivity contribution in [3.05, 3.63) is 59.4 Å². The number of unbranched alkanes of at least 4 members (excludes halogenated alkanes) is 1. The van der Waals surface area contributed by atoms with Crippen molar-refractivity contribution in [1.29, 1.82) is 0 Å². The Bertz CT molecular complexity index is 534. The van der Waals surface area contributed by atoms with E-state index in [4.69, 9.17) is 5.73 Å². The molecule has 0 atom stereocenters. The molecular formula is C17H20FN. The monoisotopic (exact) mass is 257 g/mol. The maximum Gasteiger partial charge on any atom is 0.134 e. The van der Waals surface area contributed by atoms with Gasteiger partial charge in [-0.25, -0.2) is 4.39 Å². The van der Waals surface area contributed by atoms with Crippen molar-refractivity contribution in [2.75, 3.05) is 6.54 Å². The standard InChI is InChI=1S/C17H20FN/c1-13-10-11-16(14-7-3-2-4-8-14)17(18)15(13)9-5-6-12-19/h2-4,7-8,10-11H,5-6,9,12,19H2,1H3. The molecule has 0 radical (unpaired) electrons. The van der Waals surface area contributed by atoms with E-state index in [0.717, 1.165) is 36.0 Å². The van der Waals surface area contributed by atoms with Gasteiger partial charge in [-0.3, -0.25) is 0 Å². The van der Waals surface area contributed by atoms with Gasteiger partial charge in [0.1, 0.15) is 5.82 Å². The molecule has 0 amide bonds. The van der Waals surface area contributed by atoms with Crippen LogP contribution in [0, 0.1) is 12.7 Å². The van der Waals surface area contributed by atoms with E-state index in [0.29, 0.717) is 12.1 Å². The normalized spacial score (nSPS) is 10.7. The second-order valence-electron chi connectivity index (χ2n) is 4.83. The van der Waals surface area contributed by atoms with Gasteiger partial charge >= 0.3 is 0 Å². The number of halogens is 1. The summed E-state index contributed by atoms with van der Waals surface area (Å²) >= 11 is 0. The Hall–Kier alpha value is -1.67. The van der Waals surface area contributed by atoms with Crippen LogP contribution < -0.4 is 5.73 Å². The summed E-state index contributed by atoms with van der Waals surface area (Å²) in [5.74, 6) is -0.0804. The van der Waals surface area contributed by atoms with Crippen molar-refractivity contribution in [2.45, 2.75) is 26.2 Å². The van der Waals surface area contributed by atoms with Gasteiger partial charge in [-0.2, -0.15) is 0 Å². The van der Waals surface area contributed by atoms with Gasteiger partial charge in [-0.15, -0.1) is 0 Å². The summed E-state index contributed by atoms with van der Waals surface area (Å²) in [4.78, 5) is 0. The van der Waals surface area contributed by atoms with Crippen molar-refractivity contribution < 1.29 is 4.39 Å². The van der Waals surface area contributed by atoms with E-state index >= 15 is 0 Å². The number of benzene rings is 2. The first-order chi connectivity index (χ1) is 9.24. The van der Waals surface area contributed by atoms with Crippen LogP contribution in [-0.4, -0.2) is 6.54 Å². The lowest BCUT2D eigenvalue weighted by molar-refractivity contribution is 0.602. The van der Waals surface area contributed by atoms with E-state index in [2.05, 4.69) is 0 Å². The van der Waals surface area contributed by atoms with Gasteiger partial charge in [0.2, 0.25) is 0 Å². The average molecular weight is 257 g/mol. The summed E-state index contributed by atoms with van der Waals surface area (Å²) in [6.07, 6.45) is 2.64. The lowest BCUT2D eigenvalue weighted by atomic mass is 9.95. The number of aryl methyl sites for hydroxylation is 1. The zero-order valence-corrected chi connectivity index (χ0v) is 11.3. The molecule has 0 saturated carbocycles. The number of nitrogens with two attached hydrogens (primary N) is 1. The van der Waals surface area contributed by atoms with Crippen molar-refractivity contribution in [2.24, 2.45) is 5.73 Å². The highest BCUT2D eigenvalue weighted by molar-refractivity contribution is 5.65.